The summed E-state index contributed by atoms with van der Waals surface area (Å²) in [6.45, 7) is 4.43. The Hall–Kier alpha value is -3.04. The van der Waals surface area contributed by atoms with Gasteiger partial charge in [-0.2, -0.15) is 0 Å². The zero-order valence-electron chi connectivity index (χ0n) is 16.9. The Morgan fingerprint density at radius 3 is 2.83 bits per heavy atom. The highest BCUT2D eigenvalue weighted by atomic mass is 32.1. The number of hydrogen-bond donors (Lipinski definition) is 0. The first kappa shape index (κ1) is 19.0. The Balaban J connectivity index is 1.53. The van der Waals surface area contributed by atoms with Gasteiger partial charge in [-0.05, 0) is 30.5 Å². The van der Waals surface area contributed by atoms with E-state index in [1.807, 2.05) is 51.1 Å². The third-order valence-electron chi connectivity index (χ3n) is 5.47. The van der Waals surface area contributed by atoms with Gasteiger partial charge in [0, 0.05) is 38.2 Å². The van der Waals surface area contributed by atoms with Gasteiger partial charge >= 0.3 is 0 Å². The number of carbonyl (C=O) groups is 1. The van der Waals surface area contributed by atoms with E-state index < -0.39 is 0 Å². The maximum atomic E-state index is 12.9. The van der Waals surface area contributed by atoms with Crippen molar-refractivity contribution in [3.05, 3.63) is 52.5 Å². The molecule has 4 heterocycles. The topological polar surface area (TPSA) is 75.9 Å². The Morgan fingerprint density at radius 2 is 2.07 bits per heavy atom. The molecule has 0 saturated carbocycles. The fourth-order valence-corrected chi connectivity index (χ4v) is 4.72. The molecule has 9 heteroatoms. The lowest BCUT2D eigenvalue weighted by Crippen LogP contribution is -2.54. The highest BCUT2D eigenvalue weighted by molar-refractivity contribution is 7.12. The molecule has 0 N–H and O–H groups in total. The van der Waals surface area contributed by atoms with Crippen LogP contribution < -0.4 is 4.90 Å². The van der Waals surface area contributed by atoms with Crippen molar-refractivity contribution in [2.75, 3.05) is 31.6 Å². The second-order valence-electron chi connectivity index (χ2n) is 7.41. The predicted octanol–water partition coefficient (Wildman–Crippen LogP) is 2.84. The van der Waals surface area contributed by atoms with Crippen molar-refractivity contribution in [3.8, 4) is 0 Å². The summed E-state index contributed by atoms with van der Waals surface area (Å²) in [5.41, 5.74) is 1.65. The van der Waals surface area contributed by atoms with Crippen molar-refractivity contribution < 1.29 is 9.53 Å². The molecule has 0 radical (unpaired) electrons. The molecule has 8 nitrogen and oxygen atoms in total. The molecule has 0 aliphatic carbocycles. The maximum Gasteiger partial charge on any atom is 0.264 e. The Kier molecular flexibility index (Phi) is 4.84. The molecule has 5 rings (SSSR count). The number of piperazine rings is 1. The van der Waals surface area contributed by atoms with E-state index in [0.717, 1.165) is 27.4 Å². The van der Waals surface area contributed by atoms with E-state index in [1.54, 1.807) is 7.11 Å². The highest BCUT2D eigenvalue weighted by Crippen LogP contribution is 2.26. The summed E-state index contributed by atoms with van der Waals surface area (Å²) < 4.78 is 7.32. The molecule has 4 aromatic rings. The van der Waals surface area contributed by atoms with Crippen molar-refractivity contribution in [2.45, 2.75) is 19.6 Å². The lowest BCUT2D eigenvalue weighted by atomic mass is 10.2. The summed E-state index contributed by atoms with van der Waals surface area (Å²) in [5.74, 6) is 1.60. The van der Waals surface area contributed by atoms with Crippen molar-refractivity contribution in [2.24, 2.45) is 0 Å². The summed E-state index contributed by atoms with van der Waals surface area (Å²) in [6.07, 6.45) is 0. The number of ether oxygens (including phenoxy) is 1. The van der Waals surface area contributed by atoms with Crippen LogP contribution in [0.4, 0.5) is 5.95 Å². The lowest BCUT2D eigenvalue weighted by molar-refractivity contribution is 0.0678. The molecule has 154 valence electrons. The Bertz CT molecular complexity index is 1210. The molecule has 30 heavy (non-hydrogen) atoms. The molecule has 1 fully saturated rings. The fraction of sp³-hybridized carbons (Fsp3) is 0.333. The summed E-state index contributed by atoms with van der Waals surface area (Å²) in [6, 6.07) is 11.8. The Labute approximate surface area is 177 Å². The average molecular weight is 423 g/mol. The van der Waals surface area contributed by atoms with Crippen LogP contribution in [0.5, 0.6) is 0 Å². The van der Waals surface area contributed by atoms with Gasteiger partial charge < -0.3 is 14.5 Å². The average Bonchev–Trinajstić information content (AvgIpc) is 3.44. The zero-order valence-corrected chi connectivity index (χ0v) is 17.7. The number of rotatable bonds is 4. The van der Waals surface area contributed by atoms with Crippen LogP contribution in [-0.2, 0) is 11.3 Å². The molecule has 1 aliphatic rings. The minimum Gasteiger partial charge on any atom is -0.377 e. The number of methoxy groups -OCH3 is 1. The van der Waals surface area contributed by atoms with Gasteiger partial charge in [0.05, 0.1) is 10.4 Å². The maximum absolute atomic E-state index is 12.9. The number of benzene rings is 1. The van der Waals surface area contributed by atoms with Crippen molar-refractivity contribution in [1.82, 2.24) is 24.5 Å². The van der Waals surface area contributed by atoms with Gasteiger partial charge in [-0.15, -0.1) is 21.5 Å². The molecule has 1 aliphatic heterocycles. The van der Waals surface area contributed by atoms with Gasteiger partial charge in [-0.3, -0.25) is 4.79 Å². The molecular weight excluding hydrogens is 400 g/mol. The van der Waals surface area contributed by atoms with Crippen LogP contribution >= 0.6 is 11.3 Å². The number of aromatic nitrogens is 4. The lowest BCUT2D eigenvalue weighted by Gasteiger charge is -2.40. The standard InChI is InChI=1S/C21H22N6O2S/c1-14-12-25(9-10-26(14)20(28)17-8-5-11-30-17)21-22-16-7-4-3-6-15(16)19-24-23-18(13-29-2)27(19)21/h3-8,11,14H,9-10,12-13H2,1-2H3/t14-/m0/s1. The van der Waals surface area contributed by atoms with Crippen LogP contribution in [0.2, 0.25) is 0 Å². The van der Waals surface area contributed by atoms with Crippen LogP contribution in [0.3, 0.4) is 0 Å². The molecule has 1 amide bonds. The molecule has 1 atom stereocenters. The van der Waals surface area contributed by atoms with Crippen molar-refractivity contribution in [1.29, 1.82) is 0 Å². The largest absolute Gasteiger partial charge is 0.377 e. The zero-order chi connectivity index (χ0) is 20.7. The molecule has 1 aromatic carbocycles. The molecule has 0 unspecified atom stereocenters. The van der Waals surface area contributed by atoms with Gasteiger partial charge in [0.1, 0.15) is 6.61 Å². The number of hydrogen-bond acceptors (Lipinski definition) is 7. The smallest absolute Gasteiger partial charge is 0.264 e. The number of para-hydroxylation sites is 1. The van der Waals surface area contributed by atoms with Gasteiger partial charge in [-0.1, -0.05) is 18.2 Å². The van der Waals surface area contributed by atoms with E-state index in [2.05, 4.69) is 22.0 Å². The van der Waals surface area contributed by atoms with E-state index in [0.29, 0.717) is 32.1 Å². The summed E-state index contributed by atoms with van der Waals surface area (Å²) in [5, 5.41) is 11.7. The highest BCUT2D eigenvalue weighted by Gasteiger charge is 2.31. The van der Waals surface area contributed by atoms with E-state index in [1.165, 1.54) is 11.3 Å². The number of amides is 1. The van der Waals surface area contributed by atoms with Gasteiger partial charge in [0.25, 0.3) is 5.91 Å². The third-order valence-corrected chi connectivity index (χ3v) is 6.33. The van der Waals surface area contributed by atoms with Gasteiger partial charge in [0.2, 0.25) is 5.95 Å². The quantitative estimate of drug-likeness (QED) is 0.503. The number of nitrogens with zero attached hydrogens (tertiary/aromatic N) is 6. The second-order valence-corrected chi connectivity index (χ2v) is 8.36. The first-order chi connectivity index (χ1) is 14.7. The van der Waals surface area contributed by atoms with Crippen LogP contribution in [0, 0.1) is 0 Å². The first-order valence-corrected chi connectivity index (χ1v) is 10.8. The molecular formula is C21H22N6O2S. The number of carbonyl (C=O) groups excluding carboxylic acids is 1. The molecule has 1 saturated heterocycles. The van der Waals surface area contributed by atoms with Gasteiger partial charge in [0.15, 0.2) is 11.5 Å². The van der Waals surface area contributed by atoms with Crippen LogP contribution in [0.25, 0.3) is 16.6 Å². The molecule has 0 bridgehead atoms. The second kappa shape index (κ2) is 7.66. The van der Waals surface area contributed by atoms with Crippen molar-refractivity contribution >= 4 is 39.7 Å². The number of anilines is 1. The van der Waals surface area contributed by atoms with Crippen LogP contribution in [0.15, 0.2) is 41.8 Å². The fourth-order valence-electron chi connectivity index (χ4n) is 4.04. The van der Waals surface area contributed by atoms with E-state index in [9.17, 15) is 4.79 Å². The van der Waals surface area contributed by atoms with Crippen molar-refractivity contribution in [3.63, 3.8) is 0 Å². The minimum absolute atomic E-state index is 0.0547. The van der Waals surface area contributed by atoms with Gasteiger partial charge in [-0.25, -0.2) is 9.38 Å². The number of thiophene rings is 1. The monoisotopic (exact) mass is 422 g/mol. The Morgan fingerprint density at radius 1 is 1.20 bits per heavy atom. The van der Waals surface area contributed by atoms with E-state index in [-0.39, 0.29) is 11.9 Å². The summed E-state index contributed by atoms with van der Waals surface area (Å²) in [7, 11) is 1.65. The number of fused-ring (bicyclic) bond motifs is 3. The molecule has 3 aromatic heterocycles. The minimum atomic E-state index is 0.0547. The summed E-state index contributed by atoms with van der Waals surface area (Å²) >= 11 is 1.48. The predicted molar refractivity (Wildman–Crippen MR) is 116 cm³/mol. The van der Waals surface area contributed by atoms with Crippen LogP contribution in [0.1, 0.15) is 22.4 Å². The SMILES string of the molecule is COCc1nnc2c3ccccc3nc(N3CCN(C(=O)c4cccs4)[C@@H](C)C3)n12. The van der Waals surface area contributed by atoms with Crippen LogP contribution in [-0.4, -0.2) is 63.2 Å². The molecule has 0 spiro atoms. The summed E-state index contributed by atoms with van der Waals surface area (Å²) in [4.78, 5) is 22.7. The first-order valence-electron chi connectivity index (χ1n) is 9.88. The normalized spacial score (nSPS) is 17.2. The van der Waals surface area contributed by atoms with E-state index >= 15 is 0 Å². The van der Waals surface area contributed by atoms with E-state index in [4.69, 9.17) is 9.72 Å². The third kappa shape index (κ3) is 3.10.